The largest absolute Gasteiger partial charge is 0.295 e. The lowest BCUT2D eigenvalue weighted by Crippen LogP contribution is -2.15. The minimum atomic E-state index is -0.446. The van der Waals surface area contributed by atoms with Crippen molar-refractivity contribution in [1.82, 2.24) is 20.2 Å². The van der Waals surface area contributed by atoms with Crippen molar-refractivity contribution in [3.05, 3.63) is 51.8 Å². The molecular weight excluding hydrogens is 433 g/mol. The average molecular weight is 444 g/mol. The molecule has 11 heteroatoms. The van der Waals surface area contributed by atoms with Crippen LogP contribution < -0.4 is 5.32 Å². The van der Waals surface area contributed by atoms with E-state index in [0.29, 0.717) is 15.3 Å². The first-order valence-electron chi connectivity index (χ1n) is 7.14. The van der Waals surface area contributed by atoms with E-state index in [1.165, 1.54) is 41.1 Å². The Bertz CT molecular complexity index is 920. The van der Waals surface area contributed by atoms with Gasteiger partial charge in [-0.25, -0.2) is 9.97 Å². The van der Waals surface area contributed by atoms with Crippen molar-refractivity contribution in [2.75, 3.05) is 11.6 Å². The lowest BCUT2D eigenvalue weighted by Gasteiger charge is -2.03. The van der Waals surface area contributed by atoms with Gasteiger partial charge in [-0.05, 0) is 24.0 Å². The first-order valence-corrected chi connectivity index (χ1v) is 10.9. The van der Waals surface area contributed by atoms with Crippen molar-refractivity contribution in [3.63, 3.8) is 0 Å². The van der Waals surface area contributed by atoms with E-state index in [-0.39, 0.29) is 10.7 Å². The summed E-state index contributed by atoms with van der Waals surface area (Å²) in [6.45, 7) is 0. The Kier molecular flexibility index (Phi) is 6.71. The molecule has 2 heterocycles. The van der Waals surface area contributed by atoms with Gasteiger partial charge in [0.2, 0.25) is 5.13 Å². The van der Waals surface area contributed by atoms with Crippen molar-refractivity contribution in [2.24, 2.45) is 0 Å². The molecule has 0 atom stereocenters. The second-order valence-corrected chi connectivity index (χ2v) is 8.61. The van der Waals surface area contributed by atoms with Gasteiger partial charge in [0, 0.05) is 10.8 Å². The lowest BCUT2D eigenvalue weighted by atomic mass is 10.2. The van der Waals surface area contributed by atoms with Gasteiger partial charge in [0.1, 0.15) is 0 Å². The number of hydrogen-bond donors (Lipinski definition) is 1. The highest BCUT2D eigenvalue weighted by atomic mass is 35.5. The zero-order chi connectivity index (χ0) is 18.5. The molecule has 0 aliphatic heterocycles. The fourth-order valence-corrected chi connectivity index (χ4v) is 4.16. The smallest absolute Gasteiger partial charge is 0.277 e. The van der Waals surface area contributed by atoms with E-state index in [9.17, 15) is 4.79 Å². The molecule has 134 valence electrons. The molecule has 1 aromatic carbocycles. The van der Waals surface area contributed by atoms with Crippen LogP contribution in [0.15, 0.2) is 40.0 Å². The molecule has 3 aromatic rings. The van der Waals surface area contributed by atoms with E-state index in [4.69, 9.17) is 23.2 Å². The number of aromatic nitrogens is 4. The summed E-state index contributed by atoms with van der Waals surface area (Å²) >= 11 is 16.0. The van der Waals surface area contributed by atoms with Crippen molar-refractivity contribution in [3.8, 4) is 0 Å². The highest BCUT2D eigenvalue weighted by Crippen LogP contribution is 2.29. The maximum Gasteiger partial charge on any atom is 0.277 e. The maximum absolute atomic E-state index is 12.3. The second-order valence-electron chi connectivity index (χ2n) is 4.80. The third kappa shape index (κ3) is 5.08. The zero-order valence-electron chi connectivity index (χ0n) is 13.3. The van der Waals surface area contributed by atoms with Crippen LogP contribution in [0.3, 0.4) is 0 Å². The molecule has 0 saturated carbocycles. The van der Waals surface area contributed by atoms with E-state index in [2.05, 4.69) is 25.5 Å². The Morgan fingerprint density at radius 1 is 1.23 bits per heavy atom. The Hall–Kier alpha value is -1.39. The quantitative estimate of drug-likeness (QED) is 0.329. The number of amides is 1. The van der Waals surface area contributed by atoms with Crippen molar-refractivity contribution >= 4 is 69.1 Å². The summed E-state index contributed by atoms with van der Waals surface area (Å²) in [5.41, 5.74) is 1.23. The molecule has 0 radical (unpaired) electrons. The number of halogens is 2. The molecule has 0 aliphatic carbocycles. The molecule has 6 nitrogen and oxygen atoms in total. The van der Waals surface area contributed by atoms with Crippen molar-refractivity contribution in [1.29, 1.82) is 0 Å². The number of carbonyl (C=O) groups excluding carboxylic acids is 1. The van der Waals surface area contributed by atoms with Gasteiger partial charge in [-0.1, -0.05) is 70.2 Å². The zero-order valence-corrected chi connectivity index (χ0v) is 17.2. The maximum atomic E-state index is 12.3. The monoisotopic (exact) mass is 443 g/mol. The van der Waals surface area contributed by atoms with Gasteiger partial charge in [0.15, 0.2) is 15.2 Å². The molecule has 1 amide bonds. The topological polar surface area (TPSA) is 80.7 Å². The van der Waals surface area contributed by atoms with Gasteiger partial charge in [-0.2, -0.15) is 0 Å². The Labute approximate surface area is 172 Å². The summed E-state index contributed by atoms with van der Waals surface area (Å²) < 4.78 is 0.744. The van der Waals surface area contributed by atoms with Crippen LogP contribution in [0.2, 0.25) is 10.0 Å². The Morgan fingerprint density at radius 2 is 2.00 bits per heavy atom. The molecule has 0 aliphatic rings. The fourth-order valence-electron chi connectivity index (χ4n) is 1.81. The van der Waals surface area contributed by atoms with E-state index in [1.807, 2.05) is 30.5 Å². The molecule has 2 aromatic heterocycles. The SMILES string of the molecule is CSc1ncc(Cl)c(C(=O)Nc2nnc(SCc3ccc(Cl)cc3)s2)n1. The fraction of sp³-hybridized carbons (Fsp3) is 0.133. The van der Waals surface area contributed by atoms with Crippen LogP contribution in [0, 0.1) is 0 Å². The minimum absolute atomic E-state index is 0.108. The number of thioether (sulfide) groups is 2. The van der Waals surface area contributed by atoms with Gasteiger partial charge >= 0.3 is 0 Å². The number of benzene rings is 1. The van der Waals surface area contributed by atoms with Crippen LogP contribution in [0.4, 0.5) is 5.13 Å². The first-order chi connectivity index (χ1) is 12.5. The number of nitrogens with one attached hydrogen (secondary N) is 1. The van der Waals surface area contributed by atoms with Gasteiger partial charge in [0.05, 0.1) is 11.2 Å². The average Bonchev–Trinajstić information content (AvgIpc) is 3.09. The number of anilines is 1. The number of hydrogen-bond acceptors (Lipinski definition) is 8. The summed E-state index contributed by atoms with van der Waals surface area (Å²) in [6.07, 6.45) is 3.22. The van der Waals surface area contributed by atoms with Gasteiger partial charge in [-0.15, -0.1) is 10.2 Å². The Balaban J connectivity index is 1.63. The predicted molar refractivity (Wildman–Crippen MR) is 108 cm³/mol. The van der Waals surface area contributed by atoms with Crippen LogP contribution in [0.1, 0.15) is 16.1 Å². The molecule has 0 saturated heterocycles. The second kappa shape index (κ2) is 9.01. The molecule has 0 fully saturated rings. The van der Waals surface area contributed by atoms with Crippen LogP contribution >= 0.6 is 58.1 Å². The summed E-state index contributed by atoms with van der Waals surface area (Å²) in [5, 5.41) is 12.5. The highest BCUT2D eigenvalue weighted by Gasteiger charge is 2.16. The normalized spacial score (nSPS) is 10.7. The molecule has 26 heavy (non-hydrogen) atoms. The molecule has 3 rings (SSSR count). The van der Waals surface area contributed by atoms with Crippen LogP contribution in [0.5, 0.6) is 0 Å². The van der Waals surface area contributed by atoms with Gasteiger partial charge in [-0.3, -0.25) is 10.1 Å². The third-order valence-corrected chi connectivity index (χ3v) is 6.16. The summed E-state index contributed by atoms with van der Waals surface area (Å²) in [7, 11) is 0. The highest BCUT2D eigenvalue weighted by molar-refractivity contribution is 8.00. The Morgan fingerprint density at radius 3 is 2.73 bits per heavy atom. The molecule has 0 unspecified atom stereocenters. The van der Waals surface area contributed by atoms with Crippen LogP contribution in [-0.2, 0) is 5.75 Å². The van der Waals surface area contributed by atoms with Crippen molar-refractivity contribution in [2.45, 2.75) is 15.2 Å². The van der Waals surface area contributed by atoms with Crippen LogP contribution in [0.25, 0.3) is 0 Å². The van der Waals surface area contributed by atoms with E-state index in [0.717, 1.165) is 15.7 Å². The van der Waals surface area contributed by atoms with Gasteiger partial charge in [0.25, 0.3) is 5.91 Å². The molecule has 0 bridgehead atoms. The van der Waals surface area contributed by atoms with E-state index < -0.39 is 5.91 Å². The van der Waals surface area contributed by atoms with E-state index in [1.54, 1.807) is 0 Å². The predicted octanol–water partition coefficient (Wildman–Crippen LogP) is 4.90. The molecular formula is C15H11Cl2N5OS3. The lowest BCUT2D eigenvalue weighted by molar-refractivity contribution is 0.102. The number of carbonyl (C=O) groups is 1. The molecule has 0 spiro atoms. The standard InChI is InChI=1S/C15H11Cl2N5OS3/c1-24-13-18-6-10(17)11(19-13)12(23)20-14-21-22-15(26-14)25-7-8-2-4-9(16)5-3-8/h2-6H,7H2,1H3,(H,20,21,23). The number of nitrogens with zero attached hydrogens (tertiary/aromatic N) is 4. The number of rotatable bonds is 6. The van der Waals surface area contributed by atoms with Crippen LogP contribution in [-0.4, -0.2) is 32.3 Å². The first kappa shape index (κ1) is 19.4. The third-order valence-electron chi connectivity index (χ3n) is 3.02. The molecule has 1 N–H and O–H groups in total. The summed E-state index contributed by atoms with van der Waals surface area (Å²) in [6, 6.07) is 7.61. The van der Waals surface area contributed by atoms with E-state index >= 15 is 0 Å². The van der Waals surface area contributed by atoms with Crippen molar-refractivity contribution < 1.29 is 4.79 Å². The van der Waals surface area contributed by atoms with Gasteiger partial charge < -0.3 is 0 Å². The summed E-state index contributed by atoms with van der Waals surface area (Å²) in [4.78, 5) is 20.5. The minimum Gasteiger partial charge on any atom is -0.295 e. The summed E-state index contributed by atoms with van der Waals surface area (Å²) in [5.74, 6) is 0.285.